The zero-order chi connectivity index (χ0) is 18.2. The zero-order valence-electron chi connectivity index (χ0n) is 14.8. The first kappa shape index (κ1) is 19.1. The Morgan fingerprint density at radius 3 is 2.12 bits per heavy atom. The van der Waals surface area contributed by atoms with Crippen LogP contribution in [0.5, 0.6) is 5.75 Å². The van der Waals surface area contributed by atoms with Crippen molar-refractivity contribution in [1.29, 1.82) is 0 Å². The van der Waals surface area contributed by atoms with E-state index in [9.17, 15) is 4.79 Å². The van der Waals surface area contributed by atoms with E-state index in [0.717, 1.165) is 22.4 Å². The van der Waals surface area contributed by atoms with E-state index in [1.54, 1.807) is 19.1 Å². The lowest BCUT2D eigenvalue weighted by atomic mass is 9.97. The average Bonchev–Trinajstić information content (AvgIpc) is 2.59. The second-order valence-electron chi connectivity index (χ2n) is 6.05. The summed E-state index contributed by atoms with van der Waals surface area (Å²) in [5, 5.41) is 0.650. The van der Waals surface area contributed by atoms with Gasteiger partial charge in [0.2, 0.25) is 0 Å². The Bertz CT molecular complexity index is 716. The Morgan fingerprint density at radius 1 is 1.04 bits per heavy atom. The van der Waals surface area contributed by atoms with E-state index >= 15 is 0 Å². The monoisotopic (exact) mass is 358 g/mol. The second kappa shape index (κ2) is 9.28. The van der Waals surface area contributed by atoms with E-state index in [0.29, 0.717) is 24.2 Å². The van der Waals surface area contributed by atoms with Crippen molar-refractivity contribution in [3.8, 4) is 5.75 Å². The van der Waals surface area contributed by atoms with Gasteiger partial charge in [0.05, 0.1) is 13.2 Å². The lowest BCUT2D eigenvalue weighted by Gasteiger charge is -2.12. The minimum atomic E-state index is -0.368. The Labute approximate surface area is 154 Å². The molecular weight excluding hydrogens is 336 g/mol. The number of benzene rings is 2. The highest BCUT2D eigenvalue weighted by Gasteiger charge is 2.09. The van der Waals surface area contributed by atoms with Gasteiger partial charge in [0.15, 0.2) is 0 Å². The molecule has 0 unspecified atom stereocenters. The SMILES string of the molecule is CCOC(=O)/C=C(\c1ccc(Cl)cc1)c1ccc(OCC(C)C)cc1. The molecule has 4 heteroatoms. The summed E-state index contributed by atoms with van der Waals surface area (Å²) in [6.07, 6.45) is 1.51. The molecule has 2 rings (SSSR count). The number of carbonyl (C=O) groups is 1. The smallest absolute Gasteiger partial charge is 0.331 e. The molecule has 0 aromatic heterocycles. The summed E-state index contributed by atoms with van der Waals surface area (Å²) < 4.78 is 10.8. The number of rotatable bonds is 7. The molecule has 0 atom stereocenters. The number of hydrogen-bond acceptors (Lipinski definition) is 3. The molecule has 2 aromatic carbocycles. The molecule has 0 aliphatic rings. The molecule has 0 aliphatic heterocycles. The van der Waals surface area contributed by atoms with E-state index in [2.05, 4.69) is 13.8 Å². The first-order valence-electron chi connectivity index (χ1n) is 8.37. The van der Waals surface area contributed by atoms with Gasteiger partial charge in [0, 0.05) is 11.1 Å². The fraction of sp³-hybridized carbons (Fsp3) is 0.286. The largest absolute Gasteiger partial charge is 0.493 e. The highest BCUT2D eigenvalue weighted by molar-refractivity contribution is 6.30. The third kappa shape index (κ3) is 5.95. The van der Waals surface area contributed by atoms with Crippen molar-refractivity contribution in [2.45, 2.75) is 20.8 Å². The van der Waals surface area contributed by atoms with Gasteiger partial charge in [-0.25, -0.2) is 4.79 Å². The summed E-state index contributed by atoms with van der Waals surface area (Å²) in [5.41, 5.74) is 2.59. The van der Waals surface area contributed by atoms with Crippen molar-refractivity contribution >= 4 is 23.1 Å². The van der Waals surface area contributed by atoms with Crippen LogP contribution in [0.3, 0.4) is 0 Å². The van der Waals surface area contributed by atoms with Crippen LogP contribution >= 0.6 is 11.6 Å². The normalized spacial score (nSPS) is 11.5. The molecular formula is C21H23ClO3. The van der Waals surface area contributed by atoms with Gasteiger partial charge in [0.1, 0.15) is 5.75 Å². The standard InChI is InChI=1S/C21H23ClO3/c1-4-24-21(23)13-20(16-5-9-18(22)10-6-16)17-7-11-19(12-8-17)25-14-15(2)3/h5-13,15H,4,14H2,1-3H3/b20-13+. The van der Waals surface area contributed by atoms with E-state index in [-0.39, 0.29) is 5.97 Å². The molecule has 0 saturated heterocycles. The lowest BCUT2D eigenvalue weighted by molar-refractivity contribution is -0.137. The van der Waals surface area contributed by atoms with Crippen LogP contribution in [0.15, 0.2) is 54.6 Å². The molecule has 132 valence electrons. The summed E-state index contributed by atoms with van der Waals surface area (Å²) in [7, 11) is 0. The van der Waals surface area contributed by atoms with Crippen molar-refractivity contribution in [1.82, 2.24) is 0 Å². The molecule has 0 aliphatic carbocycles. The Hall–Kier alpha value is -2.26. The van der Waals surface area contributed by atoms with Crippen molar-refractivity contribution < 1.29 is 14.3 Å². The van der Waals surface area contributed by atoms with E-state index in [4.69, 9.17) is 21.1 Å². The number of ether oxygens (including phenoxy) is 2. The van der Waals surface area contributed by atoms with Gasteiger partial charge in [0.25, 0.3) is 0 Å². The lowest BCUT2D eigenvalue weighted by Crippen LogP contribution is -2.04. The molecule has 0 radical (unpaired) electrons. The predicted octanol–water partition coefficient (Wildman–Crippen LogP) is 5.37. The zero-order valence-corrected chi connectivity index (χ0v) is 15.5. The van der Waals surface area contributed by atoms with Crippen LogP contribution in [0, 0.1) is 5.92 Å². The highest BCUT2D eigenvalue weighted by Crippen LogP contribution is 2.26. The molecule has 0 amide bonds. The molecule has 0 bridgehead atoms. The number of halogens is 1. The maximum Gasteiger partial charge on any atom is 0.331 e. The number of esters is 1. The second-order valence-corrected chi connectivity index (χ2v) is 6.48. The quantitative estimate of drug-likeness (QED) is 0.493. The van der Waals surface area contributed by atoms with Crippen LogP contribution in [-0.4, -0.2) is 19.2 Å². The van der Waals surface area contributed by atoms with Crippen molar-refractivity contribution in [3.63, 3.8) is 0 Å². The molecule has 2 aromatic rings. The number of hydrogen-bond donors (Lipinski definition) is 0. The molecule has 0 saturated carbocycles. The van der Waals surface area contributed by atoms with Gasteiger partial charge in [-0.05, 0) is 53.8 Å². The fourth-order valence-corrected chi connectivity index (χ4v) is 2.38. The Balaban J connectivity index is 2.31. The molecule has 0 spiro atoms. The third-order valence-electron chi connectivity index (χ3n) is 3.45. The maximum atomic E-state index is 12.0. The van der Waals surface area contributed by atoms with Crippen LogP contribution in [-0.2, 0) is 9.53 Å². The summed E-state index contributed by atoms with van der Waals surface area (Å²) >= 11 is 5.97. The summed E-state index contributed by atoms with van der Waals surface area (Å²) in [6, 6.07) is 15.1. The average molecular weight is 359 g/mol. The topological polar surface area (TPSA) is 35.5 Å². The molecule has 25 heavy (non-hydrogen) atoms. The van der Waals surface area contributed by atoms with Crippen molar-refractivity contribution in [2.24, 2.45) is 5.92 Å². The summed E-state index contributed by atoms with van der Waals surface area (Å²) in [5.74, 6) is 0.907. The summed E-state index contributed by atoms with van der Waals surface area (Å²) in [4.78, 5) is 12.0. The van der Waals surface area contributed by atoms with Crippen LogP contribution < -0.4 is 4.74 Å². The maximum absolute atomic E-state index is 12.0. The van der Waals surface area contributed by atoms with Gasteiger partial charge in [-0.1, -0.05) is 49.7 Å². The molecule has 0 fully saturated rings. The van der Waals surface area contributed by atoms with Gasteiger partial charge in [-0.3, -0.25) is 0 Å². The third-order valence-corrected chi connectivity index (χ3v) is 3.70. The summed E-state index contributed by atoms with van der Waals surface area (Å²) in [6.45, 7) is 7.01. The first-order chi connectivity index (χ1) is 12.0. The number of carbonyl (C=O) groups excluding carboxylic acids is 1. The van der Waals surface area contributed by atoms with E-state index in [1.165, 1.54) is 6.08 Å². The van der Waals surface area contributed by atoms with Crippen molar-refractivity contribution in [3.05, 3.63) is 70.8 Å². The Morgan fingerprint density at radius 2 is 1.60 bits per heavy atom. The van der Waals surface area contributed by atoms with Crippen molar-refractivity contribution in [2.75, 3.05) is 13.2 Å². The van der Waals surface area contributed by atoms with Crippen LogP contribution in [0.2, 0.25) is 5.02 Å². The Kier molecular flexibility index (Phi) is 7.08. The van der Waals surface area contributed by atoms with Gasteiger partial charge in [-0.2, -0.15) is 0 Å². The van der Waals surface area contributed by atoms with Gasteiger partial charge < -0.3 is 9.47 Å². The van der Waals surface area contributed by atoms with Crippen LogP contribution in [0.25, 0.3) is 5.57 Å². The predicted molar refractivity (Wildman–Crippen MR) is 102 cm³/mol. The van der Waals surface area contributed by atoms with Gasteiger partial charge in [-0.15, -0.1) is 0 Å². The van der Waals surface area contributed by atoms with E-state index in [1.807, 2.05) is 36.4 Å². The first-order valence-corrected chi connectivity index (χ1v) is 8.75. The van der Waals surface area contributed by atoms with Crippen LogP contribution in [0.4, 0.5) is 0 Å². The molecule has 0 heterocycles. The highest BCUT2D eigenvalue weighted by atomic mass is 35.5. The molecule has 3 nitrogen and oxygen atoms in total. The minimum Gasteiger partial charge on any atom is -0.493 e. The minimum absolute atomic E-state index is 0.339. The molecule has 0 N–H and O–H groups in total. The fourth-order valence-electron chi connectivity index (χ4n) is 2.26. The van der Waals surface area contributed by atoms with E-state index < -0.39 is 0 Å². The van der Waals surface area contributed by atoms with Gasteiger partial charge >= 0.3 is 5.97 Å². The van der Waals surface area contributed by atoms with Crippen LogP contribution in [0.1, 0.15) is 31.9 Å².